The van der Waals surface area contributed by atoms with Crippen LogP contribution in [0, 0.1) is 29.0 Å². The molecule has 3 rings (SSSR count). The molecule has 1 saturated carbocycles. The quantitative estimate of drug-likeness (QED) is 0.878. The number of nitrogens with zero attached hydrogens (tertiary/aromatic N) is 2. The van der Waals surface area contributed by atoms with Crippen molar-refractivity contribution in [3.8, 4) is 6.07 Å². The van der Waals surface area contributed by atoms with Crippen LogP contribution in [0.2, 0.25) is 0 Å². The SMILES string of the molecule is COC1CCCC1CNC(=O)C1CCN(c2ccc(C#N)cc2F)CC1. The van der Waals surface area contributed by atoms with Gasteiger partial charge in [-0.2, -0.15) is 5.26 Å². The first-order valence-electron chi connectivity index (χ1n) is 9.37. The van der Waals surface area contributed by atoms with Gasteiger partial charge in [0.15, 0.2) is 0 Å². The summed E-state index contributed by atoms with van der Waals surface area (Å²) in [5.74, 6) is 0.123. The van der Waals surface area contributed by atoms with Gasteiger partial charge >= 0.3 is 0 Å². The van der Waals surface area contributed by atoms with Gasteiger partial charge in [-0.3, -0.25) is 4.79 Å². The molecule has 1 aromatic carbocycles. The number of nitriles is 1. The summed E-state index contributed by atoms with van der Waals surface area (Å²) in [7, 11) is 1.74. The van der Waals surface area contributed by atoms with Crippen LogP contribution in [0.5, 0.6) is 0 Å². The van der Waals surface area contributed by atoms with Gasteiger partial charge in [0.25, 0.3) is 0 Å². The van der Waals surface area contributed by atoms with Crippen LogP contribution < -0.4 is 10.2 Å². The molecule has 2 aliphatic rings. The minimum Gasteiger partial charge on any atom is -0.381 e. The summed E-state index contributed by atoms with van der Waals surface area (Å²) in [6, 6.07) is 6.49. The van der Waals surface area contributed by atoms with E-state index in [-0.39, 0.29) is 23.7 Å². The van der Waals surface area contributed by atoms with E-state index in [1.807, 2.05) is 11.0 Å². The highest BCUT2D eigenvalue weighted by Crippen LogP contribution is 2.28. The molecule has 6 heteroatoms. The van der Waals surface area contributed by atoms with Crippen LogP contribution in [0.4, 0.5) is 10.1 Å². The molecule has 1 amide bonds. The van der Waals surface area contributed by atoms with Crippen molar-refractivity contribution in [1.29, 1.82) is 5.26 Å². The van der Waals surface area contributed by atoms with Crippen LogP contribution in [0.3, 0.4) is 0 Å². The fourth-order valence-corrected chi connectivity index (χ4v) is 4.14. The Hall–Kier alpha value is -2.13. The molecular formula is C20H26FN3O2. The minimum atomic E-state index is -0.376. The van der Waals surface area contributed by atoms with E-state index in [0.717, 1.165) is 19.3 Å². The van der Waals surface area contributed by atoms with Crippen molar-refractivity contribution in [2.24, 2.45) is 11.8 Å². The Labute approximate surface area is 154 Å². The number of piperidine rings is 1. The molecular weight excluding hydrogens is 333 g/mol. The monoisotopic (exact) mass is 359 g/mol. The number of carbonyl (C=O) groups excluding carboxylic acids is 1. The molecule has 1 aliphatic carbocycles. The van der Waals surface area contributed by atoms with Gasteiger partial charge in [-0.05, 0) is 43.9 Å². The summed E-state index contributed by atoms with van der Waals surface area (Å²) < 4.78 is 19.6. The second-order valence-electron chi connectivity index (χ2n) is 7.25. The Morgan fingerprint density at radius 1 is 1.35 bits per heavy atom. The predicted molar refractivity (Wildman–Crippen MR) is 97.2 cm³/mol. The molecule has 1 aliphatic heterocycles. The van der Waals surface area contributed by atoms with Gasteiger partial charge in [0.2, 0.25) is 5.91 Å². The highest BCUT2D eigenvalue weighted by molar-refractivity contribution is 5.79. The summed E-state index contributed by atoms with van der Waals surface area (Å²) in [5, 5.41) is 11.9. The minimum absolute atomic E-state index is 0.0184. The van der Waals surface area contributed by atoms with Crippen LogP contribution in [0.15, 0.2) is 18.2 Å². The van der Waals surface area contributed by atoms with Crippen LogP contribution in [0.1, 0.15) is 37.7 Å². The van der Waals surface area contributed by atoms with E-state index >= 15 is 0 Å². The number of rotatable bonds is 5. The number of benzene rings is 1. The Morgan fingerprint density at radius 3 is 2.77 bits per heavy atom. The van der Waals surface area contributed by atoms with E-state index in [1.165, 1.54) is 6.07 Å². The van der Waals surface area contributed by atoms with E-state index < -0.39 is 0 Å². The van der Waals surface area contributed by atoms with Crippen molar-refractivity contribution in [1.82, 2.24) is 5.32 Å². The highest BCUT2D eigenvalue weighted by atomic mass is 19.1. The zero-order valence-corrected chi connectivity index (χ0v) is 15.2. The van der Waals surface area contributed by atoms with Gasteiger partial charge < -0.3 is 15.0 Å². The molecule has 0 aromatic heterocycles. The van der Waals surface area contributed by atoms with E-state index in [9.17, 15) is 9.18 Å². The van der Waals surface area contributed by atoms with Crippen LogP contribution >= 0.6 is 0 Å². The van der Waals surface area contributed by atoms with Gasteiger partial charge in [-0.15, -0.1) is 0 Å². The molecule has 2 unspecified atom stereocenters. The van der Waals surface area contributed by atoms with Gasteiger partial charge in [-0.1, -0.05) is 6.42 Å². The Morgan fingerprint density at radius 2 is 2.12 bits per heavy atom. The number of ether oxygens (including phenoxy) is 1. The lowest BCUT2D eigenvalue weighted by Crippen LogP contribution is -2.42. The molecule has 0 spiro atoms. The topological polar surface area (TPSA) is 65.4 Å². The second-order valence-corrected chi connectivity index (χ2v) is 7.25. The lowest BCUT2D eigenvalue weighted by atomic mass is 9.95. The first-order chi connectivity index (χ1) is 12.6. The molecule has 5 nitrogen and oxygen atoms in total. The second kappa shape index (κ2) is 8.50. The molecule has 1 N–H and O–H groups in total. The Kier molecular flexibility index (Phi) is 6.10. The van der Waals surface area contributed by atoms with Crippen molar-refractivity contribution < 1.29 is 13.9 Å². The number of hydrogen-bond donors (Lipinski definition) is 1. The van der Waals surface area contributed by atoms with Gasteiger partial charge in [0.1, 0.15) is 5.82 Å². The van der Waals surface area contributed by atoms with Crippen molar-refractivity contribution in [3.63, 3.8) is 0 Å². The number of anilines is 1. The molecule has 2 atom stereocenters. The first kappa shape index (κ1) is 18.7. The van der Waals surface area contributed by atoms with Crippen LogP contribution in [0.25, 0.3) is 0 Å². The first-order valence-corrected chi connectivity index (χ1v) is 9.37. The molecule has 1 heterocycles. The number of methoxy groups -OCH3 is 1. The highest BCUT2D eigenvalue weighted by Gasteiger charge is 2.30. The zero-order chi connectivity index (χ0) is 18.5. The summed E-state index contributed by atoms with van der Waals surface area (Å²) >= 11 is 0. The fraction of sp³-hybridized carbons (Fsp3) is 0.600. The summed E-state index contributed by atoms with van der Waals surface area (Å²) in [6.07, 6.45) is 5.03. The number of carbonyl (C=O) groups is 1. The van der Waals surface area contributed by atoms with Crippen LogP contribution in [-0.2, 0) is 9.53 Å². The summed E-state index contributed by atoms with van der Waals surface area (Å²) in [5.41, 5.74) is 0.832. The van der Waals surface area contributed by atoms with Gasteiger partial charge in [-0.25, -0.2) is 4.39 Å². The van der Waals surface area contributed by atoms with E-state index in [2.05, 4.69) is 5.32 Å². The normalized spacial score (nSPS) is 23.7. The Balaban J connectivity index is 1.49. The number of amides is 1. The number of halogens is 1. The fourth-order valence-electron chi connectivity index (χ4n) is 4.14. The van der Waals surface area contributed by atoms with Crippen molar-refractivity contribution >= 4 is 11.6 Å². The van der Waals surface area contributed by atoms with Crippen molar-refractivity contribution in [2.75, 3.05) is 31.6 Å². The molecule has 1 saturated heterocycles. The smallest absolute Gasteiger partial charge is 0.223 e. The summed E-state index contributed by atoms with van der Waals surface area (Å²) in [6.45, 7) is 1.97. The number of nitrogens with one attached hydrogen (secondary N) is 1. The molecule has 0 radical (unpaired) electrons. The molecule has 140 valence electrons. The van der Waals surface area contributed by atoms with Crippen molar-refractivity contribution in [3.05, 3.63) is 29.6 Å². The Bertz CT molecular complexity index is 680. The summed E-state index contributed by atoms with van der Waals surface area (Å²) in [4.78, 5) is 14.4. The molecule has 26 heavy (non-hydrogen) atoms. The van der Waals surface area contributed by atoms with E-state index in [4.69, 9.17) is 10.00 Å². The van der Waals surface area contributed by atoms with Gasteiger partial charge in [0.05, 0.1) is 23.4 Å². The third-order valence-corrected chi connectivity index (χ3v) is 5.71. The third-order valence-electron chi connectivity index (χ3n) is 5.71. The maximum atomic E-state index is 14.2. The average Bonchev–Trinajstić information content (AvgIpc) is 3.13. The maximum Gasteiger partial charge on any atom is 0.223 e. The van der Waals surface area contributed by atoms with Gasteiger partial charge in [0, 0.05) is 38.6 Å². The molecule has 0 bridgehead atoms. The lowest BCUT2D eigenvalue weighted by Gasteiger charge is -2.33. The van der Waals surface area contributed by atoms with E-state index in [1.54, 1.807) is 19.2 Å². The van der Waals surface area contributed by atoms with E-state index in [0.29, 0.717) is 49.6 Å². The average molecular weight is 359 g/mol. The number of hydrogen-bond acceptors (Lipinski definition) is 4. The lowest BCUT2D eigenvalue weighted by molar-refractivity contribution is -0.125. The van der Waals surface area contributed by atoms with Crippen LogP contribution in [-0.4, -0.2) is 38.8 Å². The zero-order valence-electron chi connectivity index (χ0n) is 15.2. The van der Waals surface area contributed by atoms with Crippen molar-refractivity contribution in [2.45, 2.75) is 38.2 Å². The third kappa shape index (κ3) is 4.16. The predicted octanol–water partition coefficient (Wildman–Crippen LogP) is 2.85. The maximum absolute atomic E-state index is 14.2. The standard InChI is InChI=1S/C20H26FN3O2/c1-26-19-4-2-3-16(19)13-23-20(25)15-7-9-24(10-8-15)18-6-5-14(12-22)11-17(18)21/h5-6,11,15-16,19H,2-4,7-10,13H2,1H3,(H,23,25). The molecule has 2 fully saturated rings. The molecule has 1 aromatic rings. The largest absolute Gasteiger partial charge is 0.381 e.